The summed E-state index contributed by atoms with van der Waals surface area (Å²) in [5, 5.41) is 6.86. The summed E-state index contributed by atoms with van der Waals surface area (Å²) in [5.74, 6) is 2.04. The minimum Gasteiger partial charge on any atom is -0.497 e. The van der Waals surface area contributed by atoms with Gasteiger partial charge >= 0.3 is 0 Å². The summed E-state index contributed by atoms with van der Waals surface area (Å²) in [6.07, 6.45) is 2.63. The number of rotatable bonds is 9. The molecule has 5 rings (SSSR count). The number of imidazole rings is 1. The van der Waals surface area contributed by atoms with E-state index < -0.39 is 0 Å². The molecule has 0 unspecified atom stereocenters. The van der Waals surface area contributed by atoms with Crippen molar-refractivity contribution in [1.82, 2.24) is 19.5 Å². The Morgan fingerprint density at radius 1 is 0.917 bits per heavy atom. The highest BCUT2D eigenvalue weighted by molar-refractivity contribution is 5.86. The van der Waals surface area contributed by atoms with Gasteiger partial charge in [0.15, 0.2) is 17.0 Å². The summed E-state index contributed by atoms with van der Waals surface area (Å²) in [4.78, 5) is 16.3. The van der Waals surface area contributed by atoms with E-state index in [0.29, 0.717) is 18.3 Å². The normalized spacial score (nSPS) is 10.9. The summed E-state index contributed by atoms with van der Waals surface area (Å²) in [5.41, 5.74) is 5.66. The Kier molecular flexibility index (Phi) is 6.66. The molecule has 3 aromatic carbocycles. The SMILES string of the molecule is COc1ccc(CCNc2nc(Nc3cccc(N(C)C)c3)nc3c2ncn3-c2ccccc2)cc1. The summed E-state index contributed by atoms with van der Waals surface area (Å²) in [7, 11) is 5.71. The molecule has 0 amide bonds. The van der Waals surface area contributed by atoms with E-state index in [1.807, 2.05) is 73.3 Å². The van der Waals surface area contributed by atoms with Crippen LogP contribution in [0.25, 0.3) is 16.9 Å². The van der Waals surface area contributed by atoms with Crippen molar-refractivity contribution in [3.05, 3.63) is 90.8 Å². The lowest BCUT2D eigenvalue weighted by molar-refractivity contribution is 0.414. The lowest BCUT2D eigenvalue weighted by Gasteiger charge is -2.15. The molecule has 0 aliphatic rings. The minimum absolute atomic E-state index is 0.503. The molecule has 2 aromatic heterocycles. The molecule has 0 saturated carbocycles. The average Bonchev–Trinajstić information content (AvgIpc) is 3.34. The molecule has 0 aliphatic heterocycles. The van der Waals surface area contributed by atoms with Crippen LogP contribution in [0.3, 0.4) is 0 Å². The van der Waals surface area contributed by atoms with Crippen LogP contribution in [0.5, 0.6) is 5.75 Å². The molecule has 0 aliphatic carbocycles. The molecule has 5 aromatic rings. The maximum Gasteiger partial charge on any atom is 0.231 e. The van der Waals surface area contributed by atoms with Crippen LogP contribution in [0.2, 0.25) is 0 Å². The standard InChI is InChI=1S/C28H29N7O/c1-34(2)23-11-7-8-21(18-23)31-28-32-26(29-17-16-20-12-14-24(36-3)15-13-20)25-27(33-28)35(19-30-25)22-9-5-4-6-10-22/h4-15,18-19H,16-17H2,1-3H3,(H2,29,31,32,33). The predicted octanol–water partition coefficient (Wildman–Crippen LogP) is 5.29. The lowest BCUT2D eigenvalue weighted by atomic mass is 10.1. The van der Waals surface area contributed by atoms with Gasteiger partial charge in [0.05, 0.1) is 7.11 Å². The highest BCUT2D eigenvalue weighted by atomic mass is 16.5. The van der Waals surface area contributed by atoms with Gasteiger partial charge in [-0.1, -0.05) is 36.4 Å². The number of aromatic nitrogens is 4. The summed E-state index contributed by atoms with van der Waals surface area (Å²) < 4.78 is 7.24. The van der Waals surface area contributed by atoms with Crippen LogP contribution < -0.4 is 20.3 Å². The topological polar surface area (TPSA) is 80.1 Å². The molecule has 8 nitrogen and oxygen atoms in total. The molecule has 2 N–H and O–H groups in total. The fourth-order valence-corrected chi connectivity index (χ4v) is 3.97. The minimum atomic E-state index is 0.503. The molecule has 0 radical (unpaired) electrons. The first-order chi connectivity index (χ1) is 17.6. The number of methoxy groups -OCH3 is 1. The van der Waals surface area contributed by atoms with Gasteiger partial charge in [0.25, 0.3) is 0 Å². The third kappa shape index (κ3) is 5.07. The lowest BCUT2D eigenvalue weighted by Crippen LogP contribution is -2.10. The number of hydrogen-bond acceptors (Lipinski definition) is 7. The van der Waals surface area contributed by atoms with Gasteiger partial charge in [0.1, 0.15) is 12.1 Å². The van der Waals surface area contributed by atoms with E-state index in [1.54, 1.807) is 13.4 Å². The fourth-order valence-electron chi connectivity index (χ4n) is 3.97. The average molecular weight is 480 g/mol. The zero-order chi connectivity index (χ0) is 24.9. The number of nitrogens with zero attached hydrogens (tertiary/aromatic N) is 5. The van der Waals surface area contributed by atoms with Crippen LogP contribution in [-0.2, 0) is 6.42 Å². The van der Waals surface area contributed by atoms with Gasteiger partial charge < -0.3 is 20.3 Å². The third-order valence-corrected chi connectivity index (χ3v) is 5.91. The first kappa shape index (κ1) is 23.2. The fraction of sp³-hybridized carbons (Fsp3) is 0.179. The largest absolute Gasteiger partial charge is 0.497 e. The number of ether oxygens (including phenoxy) is 1. The Bertz CT molecular complexity index is 1450. The molecule has 36 heavy (non-hydrogen) atoms. The maximum atomic E-state index is 5.26. The predicted molar refractivity (Wildman–Crippen MR) is 146 cm³/mol. The molecule has 0 saturated heterocycles. The van der Waals surface area contributed by atoms with E-state index in [1.165, 1.54) is 5.56 Å². The van der Waals surface area contributed by atoms with Gasteiger partial charge in [-0.15, -0.1) is 0 Å². The summed E-state index contributed by atoms with van der Waals surface area (Å²) in [6.45, 7) is 0.701. The van der Waals surface area contributed by atoms with E-state index >= 15 is 0 Å². The van der Waals surface area contributed by atoms with Crippen LogP contribution in [-0.4, -0.2) is 47.3 Å². The Hall–Kier alpha value is -4.59. The van der Waals surface area contributed by atoms with E-state index in [4.69, 9.17) is 14.7 Å². The van der Waals surface area contributed by atoms with Crippen LogP contribution >= 0.6 is 0 Å². The maximum absolute atomic E-state index is 5.26. The highest BCUT2D eigenvalue weighted by Gasteiger charge is 2.15. The number of nitrogens with one attached hydrogen (secondary N) is 2. The molecular weight excluding hydrogens is 450 g/mol. The molecule has 0 spiro atoms. The first-order valence-corrected chi connectivity index (χ1v) is 11.8. The molecule has 182 valence electrons. The van der Waals surface area contributed by atoms with E-state index in [2.05, 4.69) is 44.8 Å². The summed E-state index contributed by atoms with van der Waals surface area (Å²) >= 11 is 0. The van der Waals surface area contributed by atoms with Crippen molar-refractivity contribution in [3.63, 3.8) is 0 Å². The van der Waals surface area contributed by atoms with Crippen LogP contribution in [0.1, 0.15) is 5.56 Å². The molecule has 0 atom stereocenters. The second-order valence-corrected chi connectivity index (χ2v) is 8.61. The molecule has 8 heteroatoms. The number of anilines is 4. The van der Waals surface area contributed by atoms with Gasteiger partial charge in [-0.2, -0.15) is 9.97 Å². The van der Waals surface area contributed by atoms with E-state index in [9.17, 15) is 0 Å². The van der Waals surface area contributed by atoms with Gasteiger partial charge in [-0.05, 0) is 54.4 Å². The number of benzene rings is 3. The molecule has 2 heterocycles. The van der Waals surface area contributed by atoms with Crippen molar-refractivity contribution >= 4 is 34.3 Å². The van der Waals surface area contributed by atoms with Crippen LogP contribution in [0.15, 0.2) is 85.2 Å². The smallest absolute Gasteiger partial charge is 0.231 e. The quantitative estimate of drug-likeness (QED) is 0.297. The Morgan fingerprint density at radius 2 is 1.72 bits per heavy atom. The van der Waals surface area contributed by atoms with Gasteiger partial charge in [0, 0.05) is 37.7 Å². The van der Waals surface area contributed by atoms with Crippen LogP contribution in [0, 0.1) is 0 Å². The van der Waals surface area contributed by atoms with Crippen molar-refractivity contribution in [2.24, 2.45) is 0 Å². The van der Waals surface area contributed by atoms with Crippen molar-refractivity contribution in [3.8, 4) is 11.4 Å². The first-order valence-electron chi connectivity index (χ1n) is 11.8. The third-order valence-electron chi connectivity index (χ3n) is 5.91. The van der Waals surface area contributed by atoms with Crippen molar-refractivity contribution in [2.75, 3.05) is 43.3 Å². The van der Waals surface area contributed by atoms with Crippen molar-refractivity contribution in [1.29, 1.82) is 0 Å². The molecular formula is C28H29N7O. The second kappa shape index (κ2) is 10.4. The molecule has 0 bridgehead atoms. The van der Waals surface area contributed by atoms with Crippen molar-refractivity contribution in [2.45, 2.75) is 6.42 Å². The Balaban J connectivity index is 1.46. The Labute approximate surface area is 210 Å². The van der Waals surface area contributed by atoms with E-state index in [0.717, 1.165) is 40.4 Å². The number of fused-ring (bicyclic) bond motifs is 1. The number of para-hydroxylation sites is 1. The number of hydrogen-bond donors (Lipinski definition) is 2. The summed E-state index contributed by atoms with van der Waals surface area (Å²) in [6, 6.07) is 26.3. The molecule has 0 fully saturated rings. The highest BCUT2D eigenvalue weighted by Crippen LogP contribution is 2.26. The van der Waals surface area contributed by atoms with E-state index in [-0.39, 0.29) is 0 Å². The monoisotopic (exact) mass is 479 g/mol. The Morgan fingerprint density at radius 3 is 2.47 bits per heavy atom. The zero-order valence-corrected chi connectivity index (χ0v) is 20.6. The zero-order valence-electron chi connectivity index (χ0n) is 20.6. The van der Waals surface area contributed by atoms with Gasteiger partial charge in [-0.25, -0.2) is 4.98 Å². The van der Waals surface area contributed by atoms with Crippen LogP contribution in [0.4, 0.5) is 23.1 Å². The second-order valence-electron chi connectivity index (χ2n) is 8.61. The van der Waals surface area contributed by atoms with Crippen molar-refractivity contribution < 1.29 is 4.74 Å². The van der Waals surface area contributed by atoms with Gasteiger partial charge in [-0.3, -0.25) is 4.57 Å². The van der Waals surface area contributed by atoms with Gasteiger partial charge in [0.2, 0.25) is 5.95 Å².